The number of likely N-dealkylation sites (tertiary alicyclic amines) is 2. The molecule has 3 aliphatic rings. The molecule has 10 heteroatoms. The molecule has 2 aromatic carbocycles. The molecule has 278 valence electrons. The van der Waals surface area contributed by atoms with Gasteiger partial charge >= 0.3 is 6.09 Å². The third kappa shape index (κ3) is 11.1. The maximum atomic E-state index is 13.6. The van der Waals surface area contributed by atoms with E-state index in [1.54, 1.807) is 7.11 Å². The Balaban J connectivity index is 1.38. The third-order valence-corrected chi connectivity index (χ3v) is 9.77. The second kappa shape index (κ2) is 18.6. The predicted molar refractivity (Wildman–Crippen MR) is 196 cm³/mol. The summed E-state index contributed by atoms with van der Waals surface area (Å²) < 4.78 is 35.7. The smallest absolute Gasteiger partial charge is 0.410 e. The number of hydrogen-bond donors (Lipinski definition) is 0. The lowest BCUT2D eigenvalue weighted by Gasteiger charge is -2.45. The summed E-state index contributed by atoms with van der Waals surface area (Å²) in [6.45, 7) is 19.4. The van der Waals surface area contributed by atoms with E-state index in [4.69, 9.17) is 28.4 Å². The molecule has 10 nitrogen and oxygen atoms in total. The molecule has 3 heterocycles. The van der Waals surface area contributed by atoms with Gasteiger partial charge in [0.25, 0.3) is 0 Å². The Morgan fingerprint density at radius 1 is 1.00 bits per heavy atom. The van der Waals surface area contributed by atoms with Gasteiger partial charge in [0.15, 0.2) is 0 Å². The van der Waals surface area contributed by atoms with Crippen molar-refractivity contribution in [3.8, 4) is 5.75 Å². The Kier molecular flexibility index (Phi) is 14.2. The molecule has 1 unspecified atom stereocenters. The molecule has 2 fully saturated rings. The van der Waals surface area contributed by atoms with Crippen LogP contribution in [0, 0.1) is 5.92 Å². The Bertz CT molecular complexity index is 1330. The van der Waals surface area contributed by atoms with Gasteiger partial charge in [0.1, 0.15) is 18.0 Å². The summed E-state index contributed by atoms with van der Waals surface area (Å²) in [5.74, 6) is 1.20. The normalized spacial score (nSPS) is 21.9. The number of amides is 1. The van der Waals surface area contributed by atoms with Gasteiger partial charge in [-0.15, -0.1) is 0 Å². The largest absolute Gasteiger partial charge is 0.490 e. The fraction of sp³-hybridized carbons (Fsp3) is 0.675. The first-order valence-corrected chi connectivity index (χ1v) is 18.7. The van der Waals surface area contributed by atoms with Crippen molar-refractivity contribution in [3.63, 3.8) is 0 Å². The highest BCUT2D eigenvalue weighted by atomic mass is 16.6. The number of carbonyl (C=O) groups excluding carboxylic acids is 1. The fourth-order valence-corrected chi connectivity index (χ4v) is 7.45. The number of carbonyl (C=O) groups is 1. The maximum Gasteiger partial charge on any atom is 0.410 e. The van der Waals surface area contributed by atoms with Crippen molar-refractivity contribution >= 4 is 11.8 Å². The zero-order chi connectivity index (χ0) is 35.5. The first-order chi connectivity index (χ1) is 24.1. The fourth-order valence-electron chi connectivity index (χ4n) is 7.45. The van der Waals surface area contributed by atoms with E-state index in [0.29, 0.717) is 46.1 Å². The molecule has 0 radical (unpaired) electrons. The number of fused-ring (bicyclic) bond motifs is 1. The minimum atomic E-state index is -0.576. The second-order valence-corrected chi connectivity index (χ2v) is 15.0. The summed E-state index contributed by atoms with van der Waals surface area (Å²) in [5, 5.41) is 0. The van der Waals surface area contributed by atoms with Crippen molar-refractivity contribution in [2.45, 2.75) is 90.8 Å². The van der Waals surface area contributed by atoms with Gasteiger partial charge in [-0.3, -0.25) is 0 Å². The topological polar surface area (TPSA) is 82.2 Å². The van der Waals surface area contributed by atoms with Gasteiger partial charge in [-0.1, -0.05) is 30.3 Å². The summed E-state index contributed by atoms with van der Waals surface area (Å²) >= 11 is 0. The Morgan fingerprint density at radius 2 is 1.76 bits per heavy atom. The molecule has 2 saturated heterocycles. The van der Waals surface area contributed by atoms with Crippen LogP contribution in [-0.4, -0.2) is 113 Å². The highest BCUT2D eigenvalue weighted by Gasteiger charge is 2.42. The van der Waals surface area contributed by atoms with Gasteiger partial charge in [0, 0.05) is 45.9 Å². The Labute approximate surface area is 300 Å². The molecule has 0 aromatic heterocycles. The van der Waals surface area contributed by atoms with Crippen LogP contribution in [-0.2, 0) is 36.9 Å². The maximum absolute atomic E-state index is 13.6. The van der Waals surface area contributed by atoms with Crippen molar-refractivity contribution in [2.24, 2.45) is 5.92 Å². The number of piperidine rings is 1. The van der Waals surface area contributed by atoms with E-state index in [9.17, 15) is 4.79 Å². The number of ether oxygens (including phenoxy) is 6. The number of anilines is 1. The molecule has 0 N–H and O–H groups in total. The molecular formula is C40H61N3O7. The molecule has 1 amide bonds. The zero-order valence-corrected chi connectivity index (χ0v) is 31.4. The van der Waals surface area contributed by atoms with Crippen LogP contribution in [0.2, 0.25) is 0 Å². The molecular weight excluding hydrogens is 634 g/mol. The van der Waals surface area contributed by atoms with Gasteiger partial charge in [0.05, 0.1) is 50.8 Å². The van der Waals surface area contributed by atoms with E-state index in [1.165, 1.54) is 18.4 Å². The Morgan fingerprint density at radius 3 is 2.48 bits per heavy atom. The van der Waals surface area contributed by atoms with E-state index in [1.807, 2.05) is 39.5 Å². The first-order valence-electron chi connectivity index (χ1n) is 18.7. The molecule has 5 rings (SSSR count). The lowest BCUT2D eigenvalue weighted by molar-refractivity contribution is -0.0563. The van der Waals surface area contributed by atoms with Crippen molar-refractivity contribution in [2.75, 3.05) is 84.3 Å². The number of hydrogen-bond acceptors (Lipinski definition) is 9. The van der Waals surface area contributed by atoms with Crippen LogP contribution in [0.25, 0.3) is 0 Å². The van der Waals surface area contributed by atoms with Crippen LogP contribution >= 0.6 is 0 Å². The summed E-state index contributed by atoms with van der Waals surface area (Å²) in [4.78, 5) is 20.4. The van der Waals surface area contributed by atoms with E-state index < -0.39 is 5.60 Å². The standard InChI is InChI=1S/C40H61N3O7/c1-7-47-30(2)27-46-28-31-11-14-33(15-12-31)38-34(24-41-17-8-9-18-41)25-43(39(44)50-40(3,4)5)26-37(38)49-29-32-13-16-36-35(23-32)42(20-22-48-36)19-10-21-45-6/h11-16,23,30,34,37-38H,7-10,17-22,24-29H2,1-6H3/t30?,34-,37+,38+/m1/s1. The molecule has 0 aliphatic carbocycles. The van der Waals surface area contributed by atoms with Gasteiger partial charge < -0.3 is 43.1 Å². The minimum absolute atomic E-state index is 0.0695. The van der Waals surface area contributed by atoms with Crippen molar-refractivity contribution in [1.82, 2.24) is 9.80 Å². The van der Waals surface area contributed by atoms with Crippen LogP contribution in [0.15, 0.2) is 42.5 Å². The van der Waals surface area contributed by atoms with Crippen LogP contribution in [0.5, 0.6) is 5.75 Å². The highest BCUT2D eigenvalue weighted by Crippen LogP contribution is 2.38. The highest BCUT2D eigenvalue weighted by molar-refractivity contribution is 5.68. The molecule has 0 saturated carbocycles. The number of nitrogens with zero attached hydrogens (tertiary/aromatic N) is 3. The number of rotatable bonds is 16. The first kappa shape index (κ1) is 38.3. The molecule has 50 heavy (non-hydrogen) atoms. The molecule has 0 bridgehead atoms. The average molecular weight is 696 g/mol. The molecule has 0 spiro atoms. The molecule has 2 aromatic rings. The summed E-state index contributed by atoms with van der Waals surface area (Å²) in [6, 6.07) is 15.2. The van der Waals surface area contributed by atoms with E-state index in [-0.39, 0.29) is 30.1 Å². The van der Waals surface area contributed by atoms with Crippen LogP contribution in [0.3, 0.4) is 0 Å². The summed E-state index contributed by atoms with van der Waals surface area (Å²) in [5.41, 5.74) is 3.97. The second-order valence-electron chi connectivity index (χ2n) is 15.0. The van der Waals surface area contributed by atoms with E-state index in [0.717, 1.165) is 68.3 Å². The quantitative estimate of drug-likeness (QED) is 0.183. The summed E-state index contributed by atoms with van der Waals surface area (Å²) in [7, 11) is 1.75. The van der Waals surface area contributed by atoms with Crippen molar-refractivity contribution in [1.29, 1.82) is 0 Å². The number of benzene rings is 2. The Hall–Kier alpha value is -2.89. The summed E-state index contributed by atoms with van der Waals surface area (Å²) in [6.07, 6.45) is 2.96. The zero-order valence-electron chi connectivity index (χ0n) is 31.4. The third-order valence-electron chi connectivity index (χ3n) is 9.77. The lowest BCUT2D eigenvalue weighted by Crippen LogP contribution is -2.54. The lowest BCUT2D eigenvalue weighted by atomic mass is 9.78. The van der Waals surface area contributed by atoms with E-state index in [2.05, 4.69) is 52.3 Å². The van der Waals surface area contributed by atoms with E-state index >= 15 is 0 Å². The molecule has 3 aliphatic heterocycles. The number of methoxy groups -OCH3 is 1. The van der Waals surface area contributed by atoms with Crippen molar-refractivity contribution < 1.29 is 33.2 Å². The molecule has 4 atom stereocenters. The minimum Gasteiger partial charge on any atom is -0.490 e. The predicted octanol–water partition coefficient (Wildman–Crippen LogP) is 6.50. The SMILES string of the molecule is CCOC(C)COCc1ccc([C@H]2[C@H](CN3CCCC3)CN(C(=O)OC(C)(C)C)C[C@@H]2OCc2ccc3c(c2)N(CCCOC)CCO3)cc1. The average Bonchev–Trinajstić information content (AvgIpc) is 3.60. The van der Waals surface area contributed by atoms with Gasteiger partial charge in [0.2, 0.25) is 0 Å². The van der Waals surface area contributed by atoms with Gasteiger partial charge in [-0.25, -0.2) is 4.79 Å². The van der Waals surface area contributed by atoms with Gasteiger partial charge in [-0.05, 0) is 102 Å². The van der Waals surface area contributed by atoms with Crippen molar-refractivity contribution in [3.05, 3.63) is 59.2 Å². The monoisotopic (exact) mass is 695 g/mol. The van der Waals surface area contributed by atoms with Crippen LogP contribution in [0.1, 0.15) is 76.5 Å². The van der Waals surface area contributed by atoms with Gasteiger partial charge in [-0.2, -0.15) is 0 Å². The van der Waals surface area contributed by atoms with Crippen LogP contribution < -0.4 is 9.64 Å². The van der Waals surface area contributed by atoms with Crippen LogP contribution in [0.4, 0.5) is 10.5 Å².